The fourth-order valence-corrected chi connectivity index (χ4v) is 2.51. The monoisotopic (exact) mass is 313 g/mol. The van der Waals surface area contributed by atoms with Gasteiger partial charge >= 0.3 is 11.9 Å². The molecule has 0 bridgehead atoms. The van der Waals surface area contributed by atoms with E-state index < -0.39 is 11.9 Å². The molecule has 0 radical (unpaired) electrons. The molecule has 0 saturated carbocycles. The van der Waals surface area contributed by atoms with Crippen molar-refractivity contribution in [1.82, 2.24) is 0 Å². The molecule has 0 unspecified atom stereocenters. The summed E-state index contributed by atoms with van der Waals surface area (Å²) in [7, 11) is 0. The Morgan fingerprint density at radius 1 is 0.682 bits per heavy atom. The highest BCUT2D eigenvalue weighted by Crippen LogP contribution is 2.13. The smallest absolute Gasteiger partial charge is 0.327 e. The molecule has 0 aromatic carbocycles. The van der Waals surface area contributed by atoms with Crippen molar-refractivity contribution in [3.63, 3.8) is 0 Å². The summed E-state index contributed by atoms with van der Waals surface area (Å²) in [5, 5.41) is 0. The lowest BCUT2D eigenvalue weighted by molar-refractivity contribution is -0.158. The zero-order chi connectivity index (χ0) is 16.5. The minimum absolute atomic E-state index is 0.232. The van der Waals surface area contributed by atoms with Crippen molar-refractivity contribution in [2.75, 3.05) is 6.54 Å². The summed E-state index contributed by atoms with van der Waals surface area (Å²) in [6, 6.07) is 0. The Morgan fingerprint density at radius 2 is 1.09 bits per heavy atom. The van der Waals surface area contributed by atoms with E-state index in [2.05, 4.69) is 11.7 Å². The molecule has 0 fully saturated rings. The van der Waals surface area contributed by atoms with Gasteiger partial charge in [-0.15, -0.1) is 0 Å². The number of nitrogens with two attached hydrogens (primary N) is 1. The molecule has 0 rings (SSSR count). The molecular formula is C18H35NO3. The van der Waals surface area contributed by atoms with E-state index in [1.165, 1.54) is 64.2 Å². The fourth-order valence-electron chi connectivity index (χ4n) is 2.51. The zero-order valence-corrected chi connectivity index (χ0v) is 14.4. The van der Waals surface area contributed by atoms with Gasteiger partial charge in [-0.25, -0.2) is 0 Å². The predicted octanol–water partition coefficient (Wildman–Crippen LogP) is 4.50. The van der Waals surface area contributed by atoms with Crippen LogP contribution in [0.3, 0.4) is 0 Å². The molecule has 130 valence electrons. The van der Waals surface area contributed by atoms with E-state index in [9.17, 15) is 9.59 Å². The number of esters is 2. The van der Waals surface area contributed by atoms with Gasteiger partial charge in [0.25, 0.3) is 0 Å². The van der Waals surface area contributed by atoms with Gasteiger partial charge in [-0.3, -0.25) is 9.59 Å². The Kier molecular flexibility index (Phi) is 15.8. The molecule has 0 amide bonds. The second kappa shape index (κ2) is 16.5. The second-order valence-corrected chi connectivity index (χ2v) is 6.04. The van der Waals surface area contributed by atoms with Crippen molar-refractivity contribution in [1.29, 1.82) is 0 Å². The summed E-state index contributed by atoms with van der Waals surface area (Å²) in [6.45, 7) is 2.02. The molecule has 0 aromatic heterocycles. The SMILES string of the molecule is CCCCCCCCCCCCCCCC(=O)OC(=O)CN. The number of carbonyl (C=O) groups is 2. The number of carbonyl (C=O) groups excluding carboxylic acids is 2. The van der Waals surface area contributed by atoms with Crippen molar-refractivity contribution in [2.45, 2.75) is 96.8 Å². The third-order valence-corrected chi connectivity index (χ3v) is 3.88. The van der Waals surface area contributed by atoms with Gasteiger partial charge in [-0.05, 0) is 6.42 Å². The van der Waals surface area contributed by atoms with Gasteiger partial charge in [0, 0.05) is 6.42 Å². The van der Waals surface area contributed by atoms with Crippen LogP contribution >= 0.6 is 0 Å². The van der Waals surface area contributed by atoms with Crippen molar-refractivity contribution in [2.24, 2.45) is 5.73 Å². The molecule has 0 saturated heterocycles. The maximum atomic E-state index is 11.2. The van der Waals surface area contributed by atoms with E-state index in [0.717, 1.165) is 19.3 Å². The highest BCUT2D eigenvalue weighted by Gasteiger charge is 2.07. The Balaban J connectivity index is 3.14. The highest BCUT2D eigenvalue weighted by molar-refractivity contribution is 5.86. The van der Waals surface area contributed by atoms with E-state index >= 15 is 0 Å². The average molecular weight is 313 g/mol. The first-order valence-corrected chi connectivity index (χ1v) is 9.14. The van der Waals surface area contributed by atoms with Crippen molar-refractivity contribution in [3.05, 3.63) is 0 Å². The summed E-state index contributed by atoms with van der Waals surface area (Å²) < 4.78 is 4.50. The van der Waals surface area contributed by atoms with E-state index in [1.54, 1.807) is 0 Å². The molecule has 0 spiro atoms. The lowest BCUT2D eigenvalue weighted by atomic mass is 10.0. The van der Waals surface area contributed by atoms with Gasteiger partial charge in [0.05, 0.1) is 6.54 Å². The maximum Gasteiger partial charge on any atom is 0.327 e. The van der Waals surface area contributed by atoms with Gasteiger partial charge in [-0.1, -0.05) is 84.0 Å². The summed E-state index contributed by atoms with van der Waals surface area (Å²) in [5.41, 5.74) is 5.07. The normalized spacial score (nSPS) is 10.6. The summed E-state index contributed by atoms with van der Waals surface area (Å²) in [5.74, 6) is -1.08. The number of hydrogen-bond donors (Lipinski definition) is 1. The summed E-state index contributed by atoms with van der Waals surface area (Å²) >= 11 is 0. The third-order valence-electron chi connectivity index (χ3n) is 3.88. The first-order chi connectivity index (χ1) is 10.7. The van der Waals surface area contributed by atoms with Gasteiger partial charge in [0.2, 0.25) is 0 Å². The van der Waals surface area contributed by atoms with Crippen LogP contribution in [0, 0.1) is 0 Å². The van der Waals surface area contributed by atoms with E-state index in [0.29, 0.717) is 6.42 Å². The van der Waals surface area contributed by atoms with Crippen LogP contribution in [0.25, 0.3) is 0 Å². The highest BCUT2D eigenvalue weighted by atomic mass is 16.6. The zero-order valence-electron chi connectivity index (χ0n) is 14.4. The van der Waals surface area contributed by atoms with E-state index in [-0.39, 0.29) is 6.54 Å². The number of rotatable bonds is 15. The van der Waals surface area contributed by atoms with Crippen LogP contribution in [0.5, 0.6) is 0 Å². The van der Waals surface area contributed by atoms with Gasteiger partial charge in [0.1, 0.15) is 0 Å². The summed E-state index contributed by atoms with van der Waals surface area (Å²) in [4.78, 5) is 22.0. The molecule has 0 aliphatic heterocycles. The van der Waals surface area contributed by atoms with Gasteiger partial charge in [-0.2, -0.15) is 0 Å². The van der Waals surface area contributed by atoms with Crippen LogP contribution in [-0.2, 0) is 14.3 Å². The minimum Gasteiger partial charge on any atom is -0.392 e. The maximum absolute atomic E-state index is 11.2. The Morgan fingerprint density at radius 3 is 1.50 bits per heavy atom. The molecule has 0 aromatic rings. The molecular weight excluding hydrogens is 278 g/mol. The minimum atomic E-state index is -0.639. The largest absolute Gasteiger partial charge is 0.392 e. The third kappa shape index (κ3) is 15.5. The lowest BCUT2D eigenvalue weighted by Crippen LogP contribution is -2.20. The number of unbranched alkanes of at least 4 members (excludes halogenated alkanes) is 12. The molecule has 2 N–H and O–H groups in total. The van der Waals surface area contributed by atoms with Gasteiger partial charge < -0.3 is 10.5 Å². The molecule has 0 heterocycles. The topological polar surface area (TPSA) is 69.4 Å². The van der Waals surface area contributed by atoms with Gasteiger partial charge in [0.15, 0.2) is 0 Å². The van der Waals surface area contributed by atoms with Crippen LogP contribution in [0.1, 0.15) is 96.8 Å². The van der Waals surface area contributed by atoms with Crippen LogP contribution in [-0.4, -0.2) is 18.5 Å². The van der Waals surface area contributed by atoms with Crippen molar-refractivity contribution in [3.8, 4) is 0 Å². The molecule has 0 aliphatic rings. The molecule has 0 atom stereocenters. The molecule has 4 heteroatoms. The quantitative estimate of drug-likeness (QED) is 0.274. The van der Waals surface area contributed by atoms with Crippen LogP contribution in [0.4, 0.5) is 0 Å². The Hall–Kier alpha value is -0.900. The first-order valence-electron chi connectivity index (χ1n) is 9.14. The average Bonchev–Trinajstić information content (AvgIpc) is 2.51. The van der Waals surface area contributed by atoms with E-state index in [1.807, 2.05) is 0 Å². The number of ether oxygens (including phenoxy) is 1. The number of hydrogen-bond acceptors (Lipinski definition) is 4. The molecule has 22 heavy (non-hydrogen) atoms. The predicted molar refractivity (Wildman–Crippen MR) is 90.5 cm³/mol. The van der Waals surface area contributed by atoms with Crippen LogP contribution in [0.2, 0.25) is 0 Å². The Bertz CT molecular complexity index is 280. The fraction of sp³-hybridized carbons (Fsp3) is 0.889. The van der Waals surface area contributed by atoms with Crippen LogP contribution < -0.4 is 5.73 Å². The lowest BCUT2D eigenvalue weighted by Gasteiger charge is -2.03. The molecule has 4 nitrogen and oxygen atoms in total. The van der Waals surface area contributed by atoms with Crippen LogP contribution in [0.15, 0.2) is 0 Å². The Labute approximate surface area is 136 Å². The summed E-state index contributed by atoms with van der Waals surface area (Å²) in [6.07, 6.45) is 16.8. The second-order valence-electron chi connectivity index (χ2n) is 6.04. The molecule has 0 aliphatic carbocycles. The van der Waals surface area contributed by atoms with Crippen molar-refractivity contribution >= 4 is 11.9 Å². The standard InChI is InChI=1S/C18H35NO3/c1-2-3-4-5-6-7-8-9-10-11-12-13-14-15-17(20)22-18(21)16-19/h2-16,19H2,1H3. The van der Waals surface area contributed by atoms with E-state index in [4.69, 9.17) is 5.73 Å². The first kappa shape index (κ1) is 21.1. The van der Waals surface area contributed by atoms with Crippen molar-refractivity contribution < 1.29 is 14.3 Å².